The number of alkyl halides is 3. The topological polar surface area (TPSA) is 26.0 Å². The number of hydrogen-bond acceptors (Lipinski definition) is 1. The fourth-order valence-electron chi connectivity index (χ4n) is 1.23. The Morgan fingerprint density at radius 1 is 1.31 bits per heavy atom. The van der Waals surface area contributed by atoms with Crippen molar-refractivity contribution >= 4 is 15.9 Å². The van der Waals surface area contributed by atoms with Crippen molar-refractivity contribution in [1.82, 2.24) is 0 Å². The number of nitrogens with two attached hydrogens (primary N) is 1. The van der Waals surface area contributed by atoms with Crippen molar-refractivity contribution in [2.75, 3.05) is 0 Å². The van der Waals surface area contributed by atoms with Gasteiger partial charge in [0.2, 0.25) is 0 Å². The first kappa shape index (κ1) is 13.4. The Hall–Kier alpha value is -0.620. The summed E-state index contributed by atoms with van der Waals surface area (Å²) in [6.07, 6.45) is -4.81. The lowest BCUT2D eigenvalue weighted by molar-refractivity contribution is -0.148. The van der Waals surface area contributed by atoms with Crippen LogP contribution in [0, 0.1) is 5.82 Å². The molecule has 1 aromatic rings. The Morgan fingerprint density at radius 2 is 1.94 bits per heavy atom. The second-order valence-electron chi connectivity index (χ2n) is 3.39. The quantitative estimate of drug-likeness (QED) is 0.851. The van der Waals surface area contributed by atoms with E-state index >= 15 is 0 Å². The first-order valence-corrected chi connectivity index (χ1v) is 5.37. The zero-order chi connectivity index (χ0) is 12.3. The van der Waals surface area contributed by atoms with Gasteiger partial charge in [-0.25, -0.2) is 4.39 Å². The molecule has 0 amide bonds. The van der Waals surface area contributed by atoms with Crippen LogP contribution >= 0.6 is 15.9 Å². The summed E-state index contributed by atoms with van der Waals surface area (Å²) in [5.41, 5.74) is 5.16. The number of hydrogen-bond donors (Lipinski definition) is 1. The van der Waals surface area contributed by atoms with Gasteiger partial charge >= 0.3 is 6.18 Å². The van der Waals surface area contributed by atoms with E-state index in [0.29, 0.717) is 4.47 Å². The summed E-state index contributed by atoms with van der Waals surface area (Å²) in [6.45, 7) is 0. The third-order valence-corrected chi connectivity index (χ3v) is 2.93. The molecule has 0 saturated carbocycles. The normalized spacial score (nSPS) is 13.9. The van der Waals surface area contributed by atoms with Crippen molar-refractivity contribution in [3.63, 3.8) is 0 Å². The molecule has 2 N–H and O–H groups in total. The molecule has 0 bridgehead atoms. The molecule has 0 radical (unpaired) electrons. The number of halogens is 5. The fraction of sp³-hybridized carbons (Fsp3) is 0.400. The van der Waals surface area contributed by atoms with Crippen molar-refractivity contribution in [2.45, 2.75) is 25.1 Å². The second kappa shape index (κ2) is 5.14. The zero-order valence-electron chi connectivity index (χ0n) is 8.19. The predicted molar refractivity (Wildman–Crippen MR) is 56.5 cm³/mol. The highest BCUT2D eigenvalue weighted by Crippen LogP contribution is 2.25. The fourth-order valence-corrected chi connectivity index (χ4v) is 1.77. The van der Waals surface area contributed by atoms with Gasteiger partial charge in [-0.1, -0.05) is 22.0 Å². The van der Waals surface area contributed by atoms with Crippen LogP contribution < -0.4 is 5.73 Å². The maximum Gasteiger partial charge on any atom is 0.403 e. The van der Waals surface area contributed by atoms with Gasteiger partial charge in [-0.2, -0.15) is 13.2 Å². The van der Waals surface area contributed by atoms with Gasteiger partial charge in [0.1, 0.15) is 11.9 Å². The second-order valence-corrected chi connectivity index (χ2v) is 4.24. The average molecular weight is 300 g/mol. The van der Waals surface area contributed by atoms with Crippen LogP contribution in [0.3, 0.4) is 0 Å². The summed E-state index contributed by atoms with van der Waals surface area (Å²) in [7, 11) is 0. The summed E-state index contributed by atoms with van der Waals surface area (Å²) in [6, 6.07) is 2.35. The van der Waals surface area contributed by atoms with Crippen LogP contribution in [0.15, 0.2) is 22.7 Å². The lowest BCUT2D eigenvalue weighted by Crippen LogP contribution is -2.37. The monoisotopic (exact) mass is 299 g/mol. The Labute approximate surface area is 98.8 Å². The van der Waals surface area contributed by atoms with E-state index in [1.165, 1.54) is 12.1 Å². The molecular weight excluding hydrogens is 290 g/mol. The van der Waals surface area contributed by atoms with Crippen LogP contribution in [-0.4, -0.2) is 12.2 Å². The molecule has 90 valence electrons. The number of rotatable bonds is 3. The van der Waals surface area contributed by atoms with Gasteiger partial charge < -0.3 is 5.73 Å². The molecule has 1 atom stereocenters. The average Bonchev–Trinajstić information content (AvgIpc) is 2.15. The standard InChI is InChI=1S/C10H10BrF4N/c11-7-2-1-3-8(12)6(7)4-5-9(16)10(13,14)15/h1-3,9H,4-5,16H2. The summed E-state index contributed by atoms with van der Waals surface area (Å²) < 4.78 is 50.1. The molecule has 0 aliphatic carbocycles. The van der Waals surface area contributed by atoms with E-state index in [1.54, 1.807) is 6.07 Å². The molecule has 16 heavy (non-hydrogen) atoms. The summed E-state index contributed by atoms with van der Waals surface area (Å²) in [4.78, 5) is 0. The van der Waals surface area contributed by atoms with Gasteiger partial charge in [-0.05, 0) is 25.0 Å². The van der Waals surface area contributed by atoms with E-state index in [2.05, 4.69) is 15.9 Å². The van der Waals surface area contributed by atoms with Crippen LogP contribution in [0.2, 0.25) is 0 Å². The summed E-state index contributed by atoms with van der Waals surface area (Å²) in [5.74, 6) is -0.524. The highest BCUT2D eigenvalue weighted by Gasteiger charge is 2.36. The van der Waals surface area contributed by atoms with E-state index in [1.807, 2.05) is 0 Å². The minimum absolute atomic E-state index is 0.0477. The Bertz CT molecular complexity index is 344. The lowest BCUT2D eigenvalue weighted by atomic mass is 10.1. The molecule has 0 saturated heterocycles. The van der Waals surface area contributed by atoms with Crippen molar-refractivity contribution in [1.29, 1.82) is 0 Å². The summed E-state index contributed by atoms with van der Waals surface area (Å²) >= 11 is 3.09. The SMILES string of the molecule is NC(CCc1c(F)cccc1Br)C(F)(F)F. The third kappa shape index (κ3) is 3.45. The molecule has 0 heterocycles. The van der Waals surface area contributed by atoms with Crippen molar-refractivity contribution in [3.05, 3.63) is 34.1 Å². The van der Waals surface area contributed by atoms with E-state index in [-0.39, 0.29) is 18.4 Å². The third-order valence-electron chi connectivity index (χ3n) is 2.19. The highest BCUT2D eigenvalue weighted by atomic mass is 79.9. The van der Waals surface area contributed by atoms with Crippen LogP contribution in [-0.2, 0) is 6.42 Å². The molecule has 0 aromatic heterocycles. The van der Waals surface area contributed by atoms with E-state index in [0.717, 1.165) is 0 Å². The maximum absolute atomic E-state index is 13.2. The minimum Gasteiger partial charge on any atom is -0.320 e. The van der Waals surface area contributed by atoms with Crippen molar-refractivity contribution in [3.8, 4) is 0 Å². The molecule has 1 aromatic carbocycles. The molecule has 6 heteroatoms. The van der Waals surface area contributed by atoms with Crippen molar-refractivity contribution < 1.29 is 17.6 Å². The van der Waals surface area contributed by atoms with Gasteiger partial charge in [0.15, 0.2) is 0 Å². The van der Waals surface area contributed by atoms with Gasteiger partial charge in [-0.3, -0.25) is 0 Å². The van der Waals surface area contributed by atoms with Crippen LogP contribution in [0.4, 0.5) is 17.6 Å². The van der Waals surface area contributed by atoms with Gasteiger partial charge in [0, 0.05) is 10.0 Å². The highest BCUT2D eigenvalue weighted by molar-refractivity contribution is 9.10. The van der Waals surface area contributed by atoms with E-state index in [9.17, 15) is 17.6 Å². The van der Waals surface area contributed by atoms with Crippen molar-refractivity contribution in [2.24, 2.45) is 5.73 Å². The molecule has 1 nitrogen and oxygen atoms in total. The molecule has 0 aliphatic heterocycles. The lowest BCUT2D eigenvalue weighted by Gasteiger charge is -2.15. The number of benzene rings is 1. The Kier molecular flexibility index (Phi) is 4.32. The molecule has 0 fully saturated rings. The first-order valence-electron chi connectivity index (χ1n) is 4.57. The van der Waals surface area contributed by atoms with Crippen LogP contribution in [0.1, 0.15) is 12.0 Å². The predicted octanol–water partition coefficient (Wildman–Crippen LogP) is 3.41. The van der Waals surface area contributed by atoms with Gasteiger partial charge in [-0.15, -0.1) is 0 Å². The zero-order valence-corrected chi connectivity index (χ0v) is 9.78. The molecule has 0 aliphatic rings. The Morgan fingerprint density at radius 3 is 2.44 bits per heavy atom. The van der Waals surface area contributed by atoms with E-state index < -0.39 is 18.0 Å². The Balaban J connectivity index is 2.69. The van der Waals surface area contributed by atoms with Gasteiger partial charge in [0.05, 0.1) is 0 Å². The molecule has 0 spiro atoms. The summed E-state index contributed by atoms with van der Waals surface area (Å²) in [5, 5.41) is 0. The smallest absolute Gasteiger partial charge is 0.320 e. The van der Waals surface area contributed by atoms with Crippen LogP contribution in [0.5, 0.6) is 0 Å². The molecular formula is C10H10BrF4N. The van der Waals surface area contributed by atoms with Crippen LogP contribution in [0.25, 0.3) is 0 Å². The largest absolute Gasteiger partial charge is 0.403 e. The molecule has 1 unspecified atom stereocenters. The minimum atomic E-state index is -4.43. The van der Waals surface area contributed by atoms with E-state index in [4.69, 9.17) is 5.73 Å². The molecule has 1 rings (SSSR count). The van der Waals surface area contributed by atoms with Gasteiger partial charge in [0.25, 0.3) is 0 Å². The first-order chi connectivity index (χ1) is 7.32. The maximum atomic E-state index is 13.2.